The van der Waals surface area contributed by atoms with Gasteiger partial charge in [-0.15, -0.1) is 0 Å². The van der Waals surface area contributed by atoms with E-state index in [9.17, 15) is 0 Å². The Hall–Kier alpha value is -0.430. The standard InChI is InChI=1S/C13H22BrN3O2/c1-10-13(14)12(16(2)15-10)9-17-5-3-11(4-6-17)19-8-7-18/h11,18H,3-9H2,1-2H3. The Morgan fingerprint density at radius 1 is 1.42 bits per heavy atom. The van der Waals surface area contributed by atoms with Crippen LogP contribution in [-0.2, 0) is 18.3 Å². The van der Waals surface area contributed by atoms with Crippen LogP contribution < -0.4 is 0 Å². The maximum Gasteiger partial charge on any atom is 0.0739 e. The predicted octanol–water partition coefficient (Wildman–Crippen LogP) is 1.46. The second-order valence-corrected chi connectivity index (χ2v) is 5.83. The van der Waals surface area contributed by atoms with Crippen LogP contribution in [0.2, 0.25) is 0 Å². The summed E-state index contributed by atoms with van der Waals surface area (Å²) in [5, 5.41) is 13.2. The van der Waals surface area contributed by atoms with Gasteiger partial charge in [0.05, 0.1) is 35.2 Å². The van der Waals surface area contributed by atoms with Gasteiger partial charge in [0.25, 0.3) is 0 Å². The first-order valence-electron chi connectivity index (χ1n) is 6.74. The van der Waals surface area contributed by atoms with Gasteiger partial charge >= 0.3 is 0 Å². The molecule has 0 spiro atoms. The van der Waals surface area contributed by atoms with E-state index in [2.05, 4.69) is 25.9 Å². The lowest BCUT2D eigenvalue weighted by Crippen LogP contribution is -2.37. The van der Waals surface area contributed by atoms with Crippen LogP contribution in [0.15, 0.2) is 4.47 Å². The van der Waals surface area contributed by atoms with E-state index >= 15 is 0 Å². The zero-order chi connectivity index (χ0) is 13.8. The highest BCUT2D eigenvalue weighted by molar-refractivity contribution is 9.10. The molecule has 2 heterocycles. The van der Waals surface area contributed by atoms with E-state index in [1.165, 1.54) is 5.69 Å². The van der Waals surface area contributed by atoms with Gasteiger partial charge in [-0.25, -0.2) is 0 Å². The monoisotopic (exact) mass is 331 g/mol. The molecule has 1 aromatic heterocycles. The number of aliphatic hydroxyl groups excluding tert-OH is 1. The summed E-state index contributed by atoms with van der Waals surface area (Å²) in [5.41, 5.74) is 2.27. The number of ether oxygens (including phenoxy) is 1. The number of likely N-dealkylation sites (tertiary alicyclic amines) is 1. The largest absolute Gasteiger partial charge is 0.394 e. The van der Waals surface area contributed by atoms with Gasteiger partial charge in [0.1, 0.15) is 0 Å². The summed E-state index contributed by atoms with van der Waals surface area (Å²) in [6.07, 6.45) is 2.38. The maximum absolute atomic E-state index is 8.76. The van der Waals surface area contributed by atoms with Crippen LogP contribution in [0.4, 0.5) is 0 Å². The number of piperidine rings is 1. The first-order chi connectivity index (χ1) is 9.11. The smallest absolute Gasteiger partial charge is 0.0739 e. The van der Waals surface area contributed by atoms with E-state index in [1.54, 1.807) is 0 Å². The minimum absolute atomic E-state index is 0.113. The number of aryl methyl sites for hydroxylation is 2. The molecule has 1 aliphatic rings. The summed E-state index contributed by atoms with van der Waals surface area (Å²) in [6.45, 7) is 5.57. The summed E-state index contributed by atoms with van der Waals surface area (Å²) in [7, 11) is 1.99. The van der Waals surface area contributed by atoms with Gasteiger partial charge in [0, 0.05) is 26.7 Å². The van der Waals surface area contributed by atoms with Crippen LogP contribution in [0.1, 0.15) is 24.2 Å². The number of hydrogen-bond donors (Lipinski definition) is 1. The summed E-state index contributed by atoms with van der Waals surface area (Å²) in [4.78, 5) is 2.43. The van der Waals surface area contributed by atoms with Crippen molar-refractivity contribution in [2.45, 2.75) is 32.4 Å². The molecular weight excluding hydrogens is 310 g/mol. The molecule has 1 aromatic rings. The van der Waals surface area contributed by atoms with Gasteiger partial charge in [-0.1, -0.05) is 0 Å². The quantitative estimate of drug-likeness (QED) is 0.887. The molecule has 1 N–H and O–H groups in total. The number of aliphatic hydroxyl groups is 1. The van der Waals surface area contributed by atoms with Gasteiger partial charge in [0.15, 0.2) is 0 Å². The van der Waals surface area contributed by atoms with Crippen molar-refractivity contribution in [3.8, 4) is 0 Å². The molecule has 0 bridgehead atoms. The maximum atomic E-state index is 8.76. The van der Waals surface area contributed by atoms with Gasteiger partial charge in [-0.2, -0.15) is 5.10 Å². The molecule has 5 nitrogen and oxygen atoms in total. The molecule has 0 unspecified atom stereocenters. The molecule has 0 aliphatic carbocycles. The highest BCUT2D eigenvalue weighted by Gasteiger charge is 2.21. The fourth-order valence-electron chi connectivity index (χ4n) is 2.52. The third-order valence-corrected chi connectivity index (χ3v) is 4.65. The van der Waals surface area contributed by atoms with Gasteiger partial charge in [-0.3, -0.25) is 9.58 Å². The van der Waals surface area contributed by atoms with Crippen molar-refractivity contribution >= 4 is 15.9 Å². The van der Waals surface area contributed by atoms with Crippen LogP contribution >= 0.6 is 15.9 Å². The predicted molar refractivity (Wildman–Crippen MR) is 77.0 cm³/mol. The molecule has 1 saturated heterocycles. The summed E-state index contributed by atoms with van der Waals surface area (Å²) < 4.78 is 8.65. The fraction of sp³-hybridized carbons (Fsp3) is 0.769. The van der Waals surface area contributed by atoms with Gasteiger partial charge < -0.3 is 9.84 Å². The van der Waals surface area contributed by atoms with Crippen molar-refractivity contribution in [1.29, 1.82) is 0 Å². The van der Waals surface area contributed by atoms with Crippen molar-refractivity contribution in [2.75, 3.05) is 26.3 Å². The van der Waals surface area contributed by atoms with Crippen LogP contribution in [-0.4, -0.2) is 52.2 Å². The Bertz CT molecular complexity index is 414. The van der Waals surface area contributed by atoms with Crippen LogP contribution in [0.3, 0.4) is 0 Å². The lowest BCUT2D eigenvalue weighted by molar-refractivity contribution is -0.00936. The molecule has 1 aliphatic heterocycles. The van der Waals surface area contributed by atoms with Crippen LogP contribution in [0, 0.1) is 6.92 Å². The molecule has 6 heteroatoms. The molecule has 108 valence electrons. The summed E-state index contributed by atoms with van der Waals surface area (Å²) in [6, 6.07) is 0. The Labute approximate surface area is 122 Å². The molecule has 19 heavy (non-hydrogen) atoms. The van der Waals surface area contributed by atoms with Crippen LogP contribution in [0.5, 0.6) is 0 Å². The zero-order valence-corrected chi connectivity index (χ0v) is 13.2. The van der Waals surface area contributed by atoms with E-state index in [0.29, 0.717) is 12.7 Å². The van der Waals surface area contributed by atoms with Gasteiger partial charge in [-0.05, 0) is 35.7 Å². The molecule has 2 rings (SSSR count). The number of nitrogens with zero attached hydrogens (tertiary/aromatic N) is 3. The summed E-state index contributed by atoms with van der Waals surface area (Å²) in [5.74, 6) is 0. The number of aromatic nitrogens is 2. The highest BCUT2D eigenvalue weighted by atomic mass is 79.9. The van der Waals surface area contributed by atoms with Crippen molar-refractivity contribution in [3.05, 3.63) is 15.9 Å². The lowest BCUT2D eigenvalue weighted by Gasteiger charge is -2.31. The second kappa shape index (κ2) is 6.83. The van der Waals surface area contributed by atoms with Crippen molar-refractivity contribution in [1.82, 2.24) is 14.7 Å². The Kier molecular flexibility index (Phi) is 5.38. The van der Waals surface area contributed by atoms with E-state index in [-0.39, 0.29) is 6.61 Å². The Morgan fingerprint density at radius 2 is 2.11 bits per heavy atom. The summed E-state index contributed by atoms with van der Waals surface area (Å²) >= 11 is 3.61. The Morgan fingerprint density at radius 3 is 2.63 bits per heavy atom. The average molecular weight is 332 g/mol. The molecule has 0 atom stereocenters. The second-order valence-electron chi connectivity index (χ2n) is 5.04. The average Bonchev–Trinajstić information content (AvgIpc) is 2.64. The SMILES string of the molecule is Cc1nn(C)c(CN2CCC(OCCO)CC2)c1Br. The van der Waals surface area contributed by atoms with E-state index in [1.807, 2.05) is 18.7 Å². The first kappa shape index (κ1) is 15.0. The van der Waals surface area contributed by atoms with Gasteiger partial charge in [0.2, 0.25) is 0 Å². The van der Waals surface area contributed by atoms with Crippen molar-refractivity contribution in [3.63, 3.8) is 0 Å². The van der Waals surface area contributed by atoms with E-state index in [4.69, 9.17) is 9.84 Å². The number of halogens is 1. The minimum Gasteiger partial charge on any atom is -0.394 e. The lowest BCUT2D eigenvalue weighted by atomic mass is 10.1. The molecule has 0 amide bonds. The molecular formula is C13H22BrN3O2. The normalized spacial score (nSPS) is 18.1. The van der Waals surface area contributed by atoms with Crippen molar-refractivity contribution < 1.29 is 9.84 Å². The molecule has 0 radical (unpaired) electrons. The topological polar surface area (TPSA) is 50.5 Å². The van der Waals surface area contributed by atoms with Crippen LogP contribution in [0.25, 0.3) is 0 Å². The molecule has 0 saturated carbocycles. The third-order valence-electron chi connectivity index (χ3n) is 3.61. The number of hydrogen-bond acceptors (Lipinski definition) is 4. The Balaban J connectivity index is 1.85. The number of rotatable bonds is 5. The third kappa shape index (κ3) is 3.78. The highest BCUT2D eigenvalue weighted by Crippen LogP contribution is 2.23. The fourth-order valence-corrected chi connectivity index (χ4v) is 2.98. The van der Waals surface area contributed by atoms with E-state index < -0.39 is 0 Å². The first-order valence-corrected chi connectivity index (χ1v) is 7.54. The molecule has 0 aromatic carbocycles. The zero-order valence-electron chi connectivity index (χ0n) is 11.6. The molecule has 1 fully saturated rings. The van der Waals surface area contributed by atoms with E-state index in [0.717, 1.165) is 42.6 Å². The minimum atomic E-state index is 0.113. The van der Waals surface area contributed by atoms with Crippen molar-refractivity contribution in [2.24, 2.45) is 7.05 Å².